The molecule has 1 aromatic heterocycles. The van der Waals surface area contributed by atoms with Gasteiger partial charge in [0.2, 0.25) is 0 Å². The van der Waals surface area contributed by atoms with E-state index in [-0.39, 0.29) is 5.97 Å². The molecule has 0 amide bonds. The Kier molecular flexibility index (Phi) is 4.34. The third kappa shape index (κ3) is 2.82. The van der Waals surface area contributed by atoms with E-state index in [1.54, 1.807) is 12.3 Å². The highest BCUT2D eigenvalue weighted by Crippen LogP contribution is 2.31. The third-order valence-corrected chi connectivity index (χ3v) is 4.41. The number of nitrogens with two attached hydrogens (primary N) is 1. The lowest BCUT2D eigenvalue weighted by Gasteiger charge is -2.23. The number of aromatic nitrogens is 2. The Labute approximate surface area is 135 Å². The second-order valence-corrected chi connectivity index (χ2v) is 5.70. The standard InChI is InChI=1S/C17H21N3O3/c1-11-13(17(21)22-2)3-4-14(15(11)18)20-8-7-19-16(20)12-5-9-23-10-6-12/h3-4,7-8,12H,5-6,9-10,18H2,1-2H3. The smallest absolute Gasteiger partial charge is 0.338 e. The first-order chi connectivity index (χ1) is 11.1. The molecule has 0 saturated carbocycles. The molecule has 1 fully saturated rings. The first-order valence-corrected chi connectivity index (χ1v) is 7.72. The van der Waals surface area contributed by atoms with E-state index in [9.17, 15) is 4.79 Å². The average molecular weight is 315 g/mol. The van der Waals surface area contributed by atoms with Gasteiger partial charge < -0.3 is 19.8 Å². The number of nitrogen functional groups attached to an aromatic ring is 1. The number of carbonyl (C=O) groups excluding carboxylic acids is 1. The van der Waals surface area contributed by atoms with Gasteiger partial charge in [0.1, 0.15) is 5.82 Å². The molecule has 0 atom stereocenters. The number of hydrogen-bond acceptors (Lipinski definition) is 5. The number of rotatable bonds is 3. The van der Waals surface area contributed by atoms with Crippen molar-refractivity contribution >= 4 is 11.7 Å². The number of imidazole rings is 1. The molecule has 2 N–H and O–H groups in total. The lowest BCUT2D eigenvalue weighted by atomic mass is 9.99. The minimum atomic E-state index is -0.379. The van der Waals surface area contributed by atoms with Crippen LogP contribution in [0.5, 0.6) is 0 Å². The molecule has 1 aliphatic rings. The molecular weight excluding hydrogens is 294 g/mol. The van der Waals surface area contributed by atoms with Gasteiger partial charge in [-0.1, -0.05) is 0 Å². The van der Waals surface area contributed by atoms with Crippen molar-refractivity contribution in [3.05, 3.63) is 41.5 Å². The van der Waals surface area contributed by atoms with E-state index in [1.165, 1.54) is 7.11 Å². The lowest BCUT2D eigenvalue weighted by molar-refractivity contribution is 0.0600. The van der Waals surface area contributed by atoms with Gasteiger partial charge in [-0.3, -0.25) is 0 Å². The first-order valence-electron chi connectivity index (χ1n) is 7.72. The van der Waals surface area contributed by atoms with Crippen LogP contribution in [0.25, 0.3) is 5.69 Å². The zero-order valence-corrected chi connectivity index (χ0v) is 13.4. The van der Waals surface area contributed by atoms with E-state index >= 15 is 0 Å². The van der Waals surface area contributed by atoms with E-state index in [4.69, 9.17) is 15.2 Å². The van der Waals surface area contributed by atoms with Crippen LogP contribution in [-0.2, 0) is 9.47 Å². The van der Waals surface area contributed by atoms with Crippen LogP contribution in [-0.4, -0.2) is 35.8 Å². The summed E-state index contributed by atoms with van der Waals surface area (Å²) in [5.74, 6) is 0.972. The number of benzene rings is 1. The predicted molar refractivity (Wildman–Crippen MR) is 86.8 cm³/mol. The third-order valence-electron chi connectivity index (χ3n) is 4.41. The molecule has 3 rings (SSSR count). The van der Waals surface area contributed by atoms with E-state index in [1.807, 2.05) is 23.8 Å². The summed E-state index contributed by atoms with van der Waals surface area (Å²) in [6.45, 7) is 3.34. The van der Waals surface area contributed by atoms with Crippen molar-refractivity contribution in [2.75, 3.05) is 26.1 Å². The van der Waals surface area contributed by atoms with Crippen LogP contribution in [0, 0.1) is 6.92 Å². The largest absolute Gasteiger partial charge is 0.465 e. The fourth-order valence-corrected chi connectivity index (χ4v) is 3.03. The van der Waals surface area contributed by atoms with Crippen LogP contribution in [0.3, 0.4) is 0 Å². The summed E-state index contributed by atoms with van der Waals surface area (Å²) in [5, 5.41) is 0. The molecular formula is C17H21N3O3. The van der Waals surface area contributed by atoms with Crippen molar-refractivity contribution in [1.29, 1.82) is 0 Å². The monoisotopic (exact) mass is 315 g/mol. The van der Waals surface area contributed by atoms with Gasteiger partial charge in [-0.2, -0.15) is 0 Å². The zero-order valence-electron chi connectivity index (χ0n) is 13.4. The van der Waals surface area contributed by atoms with Gasteiger partial charge in [0, 0.05) is 31.5 Å². The molecule has 1 aromatic carbocycles. The average Bonchev–Trinajstić information content (AvgIpc) is 3.07. The SMILES string of the molecule is COC(=O)c1ccc(-n2ccnc2C2CCOCC2)c(N)c1C. The van der Waals surface area contributed by atoms with Crippen molar-refractivity contribution in [3.63, 3.8) is 0 Å². The number of nitrogens with zero attached hydrogens (tertiary/aromatic N) is 2. The zero-order chi connectivity index (χ0) is 16.4. The van der Waals surface area contributed by atoms with Crippen molar-refractivity contribution in [2.24, 2.45) is 0 Å². The number of esters is 1. The van der Waals surface area contributed by atoms with Gasteiger partial charge in [-0.05, 0) is 37.5 Å². The first kappa shape index (κ1) is 15.6. The van der Waals surface area contributed by atoms with Crippen molar-refractivity contribution in [3.8, 4) is 5.69 Å². The Morgan fingerprint density at radius 2 is 2.13 bits per heavy atom. The van der Waals surface area contributed by atoms with Gasteiger partial charge in [0.25, 0.3) is 0 Å². The van der Waals surface area contributed by atoms with Crippen LogP contribution in [0.15, 0.2) is 24.5 Å². The summed E-state index contributed by atoms with van der Waals surface area (Å²) < 4.78 is 12.2. The topological polar surface area (TPSA) is 79.4 Å². The number of hydrogen-bond donors (Lipinski definition) is 1. The molecule has 1 saturated heterocycles. The van der Waals surface area contributed by atoms with Crippen molar-refractivity contribution in [2.45, 2.75) is 25.7 Å². The van der Waals surface area contributed by atoms with Crippen molar-refractivity contribution < 1.29 is 14.3 Å². The van der Waals surface area contributed by atoms with Gasteiger partial charge in [-0.25, -0.2) is 9.78 Å². The maximum atomic E-state index is 11.8. The summed E-state index contributed by atoms with van der Waals surface area (Å²) in [7, 11) is 1.37. The molecule has 0 spiro atoms. The van der Waals surface area contributed by atoms with Crippen LogP contribution in [0.1, 0.15) is 40.5 Å². The summed E-state index contributed by atoms with van der Waals surface area (Å²) >= 11 is 0. The number of methoxy groups -OCH3 is 1. The van der Waals surface area contributed by atoms with Crippen molar-refractivity contribution in [1.82, 2.24) is 9.55 Å². The molecule has 2 aromatic rings. The molecule has 122 valence electrons. The van der Waals surface area contributed by atoms with E-state index in [2.05, 4.69) is 4.98 Å². The summed E-state index contributed by atoms with van der Waals surface area (Å²) in [4.78, 5) is 16.3. The maximum Gasteiger partial charge on any atom is 0.338 e. The summed E-state index contributed by atoms with van der Waals surface area (Å²) in [5.41, 5.74) is 8.91. The normalized spacial score (nSPS) is 15.6. The van der Waals surface area contributed by atoms with Gasteiger partial charge in [-0.15, -0.1) is 0 Å². The van der Waals surface area contributed by atoms with Crippen LogP contribution < -0.4 is 5.73 Å². The van der Waals surface area contributed by atoms with E-state index in [0.29, 0.717) is 17.2 Å². The molecule has 23 heavy (non-hydrogen) atoms. The molecule has 1 aliphatic heterocycles. The van der Waals surface area contributed by atoms with Gasteiger partial charge >= 0.3 is 5.97 Å². The predicted octanol–water partition coefficient (Wildman–Crippen LogP) is 2.44. The second-order valence-electron chi connectivity index (χ2n) is 5.70. The Morgan fingerprint density at radius 3 is 2.83 bits per heavy atom. The highest BCUT2D eigenvalue weighted by Gasteiger charge is 2.22. The molecule has 0 bridgehead atoms. The van der Waals surface area contributed by atoms with Gasteiger partial charge in [0.15, 0.2) is 0 Å². The fraction of sp³-hybridized carbons (Fsp3) is 0.412. The second kappa shape index (κ2) is 6.42. The number of ether oxygens (including phenoxy) is 2. The Balaban J connectivity index is 2.01. The highest BCUT2D eigenvalue weighted by atomic mass is 16.5. The van der Waals surface area contributed by atoms with Crippen LogP contribution in [0.2, 0.25) is 0 Å². The van der Waals surface area contributed by atoms with Crippen LogP contribution >= 0.6 is 0 Å². The molecule has 0 radical (unpaired) electrons. The van der Waals surface area contributed by atoms with E-state index < -0.39 is 0 Å². The lowest BCUT2D eigenvalue weighted by Crippen LogP contribution is -2.18. The molecule has 6 heteroatoms. The fourth-order valence-electron chi connectivity index (χ4n) is 3.03. The molecule has 6 nitrogen and oxygen atoms in total. The Bertz CT molecular complexity index is 718. The summed E-state index contributed by atoms with van der Waals surface area (Å²) in [6, 6.07) is 3.60. The quantitative estimate of drug-likeness (QED) is 0.695. The highest BCUT2D eigenvalue weighted by molar-refractivity contribution is 5.93. The number of carbonyl (C=O) groups is 1. The molecule has 2 heterocycles. The molecule has 0 unspecified atom stereocenters. The Morgan fingerprint density at radius 1 is 1.39 bits per heavy atom. The van der Waals surface area contributed by atoms with Crippen LogP contribution in [0.4, 0.5) is 5.69 Å². The number of anilines is 1. The van der Waals surface area contributed by atoms with E-state index in [0.717, 1.165) is 43.1 Å². The summed E-state index contributed by atoms with van der Waals surface area (Å²) in [6.07, 6.45) is 5.60. The van der Waals surface area contributed by atoms with Gasteiger partial charge in [0.05, 0.1) is 24.0 Å². The molecule has 0 aliphatic carbocycles. The maximum absolute atomic E-state index is 11.8. The minimum absolute atomic E-state index is 0.360. The minimum Gasteiger partial charge on any atom is -0.465 e. The Hall–Kier alpha value is -2.34.